The Morgan fingerprint density at radius 1 is 0.355 bits per heavy atom. The maximum atomic E-state index is 10.4. The molecule has 0 spiro atoms. The van der Waals surface area contributed by atoms with Gasteiger partial charge >= 0.3 is 15.1 Å². The van der Waals surface area contributed by atoms with E-state index in [1.54, 1.807) is 0 Å². The van der Waals surface area contributed by atoms with E-state index in [9.17, 15) is 14.4 Å². The summed E-state index contributed by atoms with van der Waals surface area (Å²) in [7, 11) is 0. The number of carbonyl (C=O) groups excluding carboxylic acids is 3. The number of rotatable bonds is 3. The summed E-state index contributed by atoms with van der Waals surface area (Å²) < 4.78 is 13.5. The normalized spacial score (nSPS) is 3.58. The van der Waals surface area contributed by atoms with Gasteiger partial charge in [-0.15, -0.1) is 0 Å². The molecule has 0 atom stereocenters. The van der Waals surface area contributed by atoms with Crippen LogP contribution in [0.25, 0.3) is 0 Å². The molecule has 0 aliphatic rings. The van der Waals surface area contributed by atoms with Crippen LogP contribution in [0.5, 0.6) is 0 Å². The molecule has 0 bridgehead atoms. The topological polar surface area (TPSA) is 646 Å². The fourth-order valence-electron chi connectivity index (χ4n) is 0.479. The van der Waals surface area contributed by atoms with Gasteiger partial charge in [-0.1, -0.05) is 0 Å². The van der Waals surface area contributed by atoms with Crippen LogP contribution in [0, 0.1) is 0 Å². The van der Waals surface area contributed by atoms with Gasteiger partial charge in [0.25, 0.3) is 17.9 Å². The van der Waals surface area contributed by atoms with Crippen molar-refractivity contribution in [2.24, 2.45) is 0 Å². The molecule has 0 heterocycles. The van der Waals surface area contributed by atoms with Gasteiger partial charge in [-0.05, 0) is 0 Å². The van der Waals surface area contributed by atoms with Crippen LogP contribution < -0.4 is 0 Å². The summed E-state index contributed by atoms with van der Waals surface area (Å²) in [5.41, 5.74) is 0. The second-order valence-electron chi connectivity index (χ2n) is 2.12. The first-order valence-electron chi connectivity index (χ1n) is 3.43. The van der Waals surface area contributed by atoms with E-state index in [1.165, 1.54) is 0 Å². The summed E-state index contributed by atoms with van der Waals surface area (Å²) in [6.45, 7) is 3.40. The second-order valence-corrected chi connectivity index (χ2v) is 3.40. The van der Waals surface area contributed by atoms with E-state index < -0.39 is 33.1 Å². The third-order valence-corrected chi connectivity index (χ3v) is 2.36. The van der Waals surface area contributed by atoms with Crippen molar-refractivity contribution in [3.8, 4) is 0 Å². The fraction of sp³-hybridized carbons (Fsp3) is 0.500. The number of hydrogen-bond acceptors (Lipinski definition) is 6. The summed E-state index contributed by atoms with van der Waals surface area (Å²) >= 11 is -2.96. The van der Waals surface area contributed by atoms with Crippen molar-refractivity contribution in [2.45, 2.75) is 20.8 Å². The van der Waals surface area contributed by atoms with Crippen molar-refractivity contribution < 1.29 is 124 Å². The first-order valence-corrected chi connectivity index (χ1v) is 4.85. The van der Waals surface area contributed by atoms with Crippen molar-refractivity contribution in [1.29, 1.82) is 0 Å². The Hall–Kier alpha value is -1.78. The van der Waals surface area contributed by atoms with E-state index in [0.717, 1.165) is 20.8 Å². The molecule has 36 N–H and O–H groups in total. The van der Waals surface area contributed by atoms with E-state index in [0.29, 0.717) is 0 Å². The molecule has 0 rings (SSSR count). The van der Waals surface area contributed by atoms with Gasteiger partial charge in [0.2, 0.25) is 0 Å². The summed E-state index contributed by atoms with van der Waals surface area (Å²) in [4.78, 5) is 31.3. The molecule has 0 fully saturated rings. The van der Waals surface area contributed by atoms with Gasteiger partial charge < -0.3 is 110 Å². The molecule has 25 heteroatoms. The first-order chi connectivity index (χ1) is 5.91. The van der Waals surface area contributed by atoms with E-state index in [4.69, 9.17) is 0 Å². The predicted molar refractivity (Wildman–Crippen MR) is 106 cm³/mol. The van der Waals surface area contributed by atoms with Crippen LogP contribution in [0.2, 0.25) is 0 Å². The zero-order valence-corrected chi connectivity index (χ0v) is 17.7. The van der Waals surface area contributed by atoms with Crippen LogP contribution in [-0.4, -0.2) is 132 Å². The molecule has 216 valence electrons. The Labute approximate surface area is 179 Å². The highest BCUT2D eigenvalue weighted by molar-refractivity contribution is 6.43. The van der Waals surface area contributed by atoms with Crippen LogP contribution in [0.1, 0.15) is 20.8 Å². The first kappa shape index (κ1) is 223. The summed E-state index contributed by atoms with van der Waals surface area (Å²) in [6.07, 6.45) is 0. The molecule has 31 heavy (non-hydrogen) atoms. The van der Waals surface area contributed by atoms with E-state index in [-0.39, 0.29) is 98.6 Å². The minimum Gasteiger partial charge on any atom is -0.551 e. The Balaban J connectivity index is -0.00000000471. The third kappa shape index (κ3) is 186. The van der Waals surface area contributed by atoms with Crippen LogP contribution in [0.15, 0.2) is 0 Å². The Bertz CT molecular complexity index is 198. The second kappa shape index (κ2) is 120. The molecular formula is C6H45AlO24. The molecule has 24 nitrogen and oxygen atoms in total. The summed E-state index contributed by atoms with van der Waals surface area (Å²) in [5.74, 6) is -1.96. The molecule has 0 saturated carbocycles. The van der Waals surface area contributed by atoms with Crippen molar-refractivity contribution in [3.05, 3.63) is 0 Å². The standard InChI is InChI=1S/3C2H4O2.Al.18H2O/c3*1-2(3)4;;;;;;;;;;;;;;;;;;;/h3*1H3,(H,3,4);;18*1H2/q;;;+3;;;;;;;;;;;;;;;;;;/p-3. The van der Waals surface area contributed by atoms with Gasteiger partial charge in [0.1, 0.15) is 0 Å². The molecule has 0 aliphatic carbocycles. The van der Waals surface area contributed by atoms with Gasteiger partial charge in [0, 0.05) is 20.8 Å². The van der Waals surface area contributed by atoms with E-state index in [2.05, 4.69) is 11.4 Å². The minimum atomic E-state index is -2.96. The quantitative estimate of drug-likeness (QED) is 0.319. The minimum absolute atomic E-state index is 0. The van der Waals surface area contributed by atoms with Crippen molar-refractivity contribution in [2.75, 3.05) is 0 Å². The van der Waals surface area contributed by atoms with Crippen molar-refractivity contribution in [1.82, 2.24) is 0 Å². The third-order valence-electron chi connectivity index (χ3n) is 0.787. The Morgan fingerprint density at radius 3 is 0.516 bits per heavy atom. The highest BCUT2D eigenvalue weighted by Gasteiger charge is 2.47. The SMILES string of the molecule is CC(=O)[O][Al]([O]C(C)=O)[O]C(C)=O.O.O.O.O.O.O.O.O.O.O.O.O.O.O.O.O.O.O. The molecule has 0 radical (unpaired) electrons. The maximum Gasteiger partial charge on any atom is 1.20 e. The Kier molecular flexibility index (Phi) is 860. The highest BCUT2D eigenvalue weighted by atomic mass is 27.3. The zero-order chi connectivity index (χ0) is 10.4. The average Bonchev–Trinajstić information content (AvgIpc) is 1.80. The van der Waals surface area contributed by atoms with Crippen LogP contribution in [-0.2, 0) is 25.7 Å². The summed E-state index contributed by atoms with van der Waals surface area (Å²) in [5, 5.41) is 0. The highest BCUT2D eigenvalue weighted by Crippen LogP contribution is 1.94. The molecule has 0 saturated heterocycles. The van der Waals surface area contributed by atoms with Crippen LogP contribution in [0.3, 0.4) is 0 Å². The smallest absolute Gasteiger partial charge is 0.551 e. The van der Waals surface area contributed by atoms with Crippen LogP contribution in [0.4, 0.5) is 0 Å². The van der Waals surface area contributed by atoms with Gasteiger partial charge in [-0.3, -0.25) is 14.4 Å². The lowest BCUT2D eigenvalue weighted by Gasteiger charge is -2.08. The summed E-state index contributed by atoms with van der Waals surface area (Å²) in [6, 6.07) is 0. The van der Waals surface area contributed by atoms with Crippen LogP contribution >= 0.6 is 0 Å². The molecule has 0 aromatic heterocycles. The largest absolute Gasteiger partial charge is 1.20 e. The lowest BCUT2D eigenvalue weighted by Crippen LogP contribution is -2.32. The molecule has 0 aliphatic heterocycles. The van der Waals surface area contributed by atoms with E-state index >= 15 is 0 Å². The maximum absolute atomic E-state index is 10.4. The molecule has 0 aromatic rings. The van der Waals surface area contributed by atoms with Gasteiger partial charge in [0.05, 0.1) is 0 Å². The average molecular weight is 528 g/mol. The molecule has 0 unspecified atom stereocenters. The number of carbonyl (C=O) groups is 3. The zero-order valence-electron chi connectivity index (χ0n) is 16.5. The van der Waals surface area contributed by atoms with Gasteiger partial charge in [-0.25, -0.2) is 0 Å². The van der Waals surface area contributed by atoms with Crippen molar-refractivity contribution >= 4 is 33.1 Å². The molecule has 0 amide bonds. The molecular weight excluding hydrogens is 483 g/mol. The lowest BCUT2D eigenvalue weighted by molar-refractivity contribution is -0.145. The predicted octanol–water partition coefficient (Wildman–Crippen LogP) is -15.2. The lowest BCUT2D eigenvalue weighted by atomic mass is 10.9. The van der Waals surface area contributed by atoms with Crippen molar-refractivity contribution in [3.63, 3.8) is 0 Å². The van der Waals surface area contributed by atoms with E-state index in [1.807, 2.05) is 0 Å². The monoisotopic (exact) mass is 528 g/mol. The van der Waals surface area contributed by atoms with Gasteiger partial charge in [0.15, 0.2) is 0 Å². The fourth-order valence-corrected chi connectivity index (χ4v) is 1.44. The number of hydrogen-bond donors (Lipinski definition) is 0. The molecule has 0 aromatic carbocycles. The van der Waals surface area contributed by atoms with Gasteiger partial charge in [-0.2, -0.15) is 0 Å². The Morgan fingerprint density at radius 2 is 0.452 bits per heavy atom.